The highest BCUT2D eigenvalue weighted by Gasteiger charge is 2.07. The van der Waals surface area contributed by atoms with Gasteiger partial charge in [-0.1, -0.05) is 6.58 Å². The minimum absolute atomic E-state index is 0.558. The van der Waals surface area contributed by atoms with Crippen LogP contribution in [0.2, 0.25) is 0 Å². The summed E-state index contributed by atoms with van der Waals surface area (Å²) in [7, 11) is 1.89. The zero-order valence-corrected chi connectivity index (χ0v) is 6.26. The van der Waals surface area contributed by atoms with E-state index in [-0.39, 0.29) is 0 Å². The smallest absolute Gasteiger partial charge is 0.130 e. The summed E-state index contributed by atoms with van der Waals surface area (Å²) >= 11 is 0. The summed E-state index contributed by atoms with van der Waals surface area (Å²) < 4.78 is 0. The zero-order valence-electron chi connectivity index (χ0n) is 6.26. The van der Waals surface area contributed by atoms with Crippen LogP contribution < -0.4 is 5.73 Å². The maximum atomic E-state index is 5.53. The summed E-state index contributed by atoms with van der Waals surface area (Å²) in [5, 5.41) is 0. The Hall–Kier alpha value is -1.25. The number of hydrogen-bond acceptors (Lipinski definition) is 3. The second-order valence-corrected chi connectivity index (χ2v) is 2.34. The van der Waals surface area contributed by atoms with Gasteiger partial charge in [-0.25, -0.2) is 4.99 Å². The molecular formula is C7H11N3. The fourth-order valence-electron chi connectivity index (χ4n) is 0.737. The van der Waals surface area contributed by atoms with Gasteiger partial charge < -0.3 is 10.6 Å². The fraction of sp³-hybridized carbons (Fsp3) is 0.286. The molecule has 0 unspecified atom stereocenters. The van der Waals surface area contributed by atoms with E-state index in [0.717, 1.165) is 5.57 Å². The molecule has 0 atom stereocenters. The first kappa shape index (κ1) is 6.86. The van der Waals surface area contributed by atoms with Crippen LogP contribution >= 0.6 is 0 Å². The molecule has 1 aliphatic heterocycles. The highest BCUT2D eigenvalue weighted by molar-refractivity contribution is 5.97. The molecule has 1 rings (SSSR count). The molecule has 0 saturated heterocycles. The van der Waals surface area contributed by atoms with Crippen molar-refractivity contribution in [1.29, 1.82) is 0 Å². The number of rotatable bonds is 0. The maximum Gasteiger partial charge on any atom is 0.130 e. The van der Waals surface area contributed by atoms with Gasteiger partial charge in [-0.05, 0) is 6.92 Å². The summed E-state index contributed by atoms with van der Waals surface area (Å²) in [6.45, 7) is 5.61. The molecule has 1 aliphatic rings. The molecule has 0 aromatic heterocycles. The van der Waals surface area contributed by atoms with E-state index in [0.29, 0.717) is 11.7 Å². The van der Waals surface area contributed by atoms with Crippen LogP contribution in [0.5, 0.6) is 0 Å². The molecule has 0 spiro atoms. The molecule has 54 valence electrons. The third-order valence-corrected chi connectivity index (χ3v) is 1.45. The average Bonchev–Trinajstić information content (AvgIpc) is 1.84. The number of aliphatic imine (C=N–C) groups is 1. The zero-order chi connectivity index (χ0) is 7.72. The lowest BCUT2D eigenvalue weighted by Crippen LogP contribution is -2.23. The number of nitrogens with two attached hydrogens (primary N) is 1. The van der Waals surface area contributed by atoms with Gasteiger partial charge in [0.05, 0.1) is 0 Å². The lowest BCUT2D eigenvalue weighted by Gasteiger charge is -2.19. The molecule has 2 N–H and O–H groups in total. The number of hydrogen-bond donors (Lipinski definition) is 1. The highest BCUT2D eigenvalue weighted by atomic mass is 15.2. The van der Waals surface area contributed by atoms with E-state index < -0.39 is 0 Å². The minimum atomic E-state index is 0.558. The van der Waals surface area contributed by atoms with Crippen LogP contribution in [0.25, 0.3) is 0 Å². The van der Waals surface area contributed by atoms with Gasteiger partial charge in [0.25, 0.3) is 0 Å². The Morgan fingerprint density at radius 2 is 2.30 bits per heavy atom. The monoisotopic (exact) mass is 137 g/mol. The van der Waals surface area contributed by atoms with Crippen molar-refractivity contribution in [2.45, 2.75) is 6.92 Å². The summed E-state index contributed by atoms with van der Waals surface area (Å²) in [6.07, 6.45) is 1.91. The van der Waals surface area contributed by atoms with E-state index in [1.807, 2.05) is 25.1 Å². The predicted octanol–water partition coefficient (Wildman–Crippen LogP) is 0.664. The van der Waals surface area contributed by atoms with Gasteiger partial charge in [0.15, 0.2) is 0 Å². The number of nitrogens with zero attached hydrogens (tertiary/aromatic N) is 2. The van der Waals surface area contributed by atoms with Gasteiger partial charge in [-0.2, -0.15) is 0 Å². The van der Waals surface area contributed by atoms with Crippen LogP contribution in [0.1, 0.15) is 6.92 Å². The van der Waals surface area contributed by atoms with Crippen LogP contribution in [-0.4, -0.2) is 17.8 Å². The summed E-state index contributed by atoms with van der Waals surface area (Å²) in [4.78, 5) is 5.84. The van der Waals surface area contributed by atoms with Crippen LogP contribution in [0.4, 0.5) is 0 Å². The van der Waals surface area contributed by atoms with Gasteiger partial charge in [-0.15, -0.1) is 0 Å². The van der Waals surface area contributed by atoms with Crippen molar-refractivity contribution in [3.63, 3.8) is 0 Å². The van der Waals surface area contributed by atoms with Crippen molar-refractivity contribution < 1.29 is 0 Å². The standard InChI is InChI=1S/C7H11N3/c1-5-4-10(3)6(2)9-7(5)8/h4H,2H2,1,3H3,(H2,8,9). The molecule has 1 heterocycles. The predicted molar refractivity (Wildman–Crippen MR) is 42.3 cm³/mol. The second-order valence-electron chi connectivity index (χ2n) is 2.34. The molecule has 0 aromatic rings. The van der Waals surface area contributed by atoms with E-state index in [2.05, 4.69) is 11.6 Å². The van der Waals surface area contributed by atoms with Crippen molar-refractivity contribution in [3.05, 3.63) is 24.2 Å². The molecule has 0 aromatic carbocycles. The van der Waals surface area contributed by atoms with Crippen molar-refractivity contribution in [3.8, 4) is 0 Å². The Balaban J connectivity index is 2.94. The molecule has 0 aliphatic carbocycles. The van der Waals surface area contributed by atoms with Gasteiger partial charge in [-0.3, -0.25) is 0 Å². The van der Waals surface area contributed by atoms with Crippen LogP contribution in [0.3, 0.4) is 0 Å². The number of amidine groups is 1. The van der Waals surface area contributed by atoms with Crippen molar-refractivity contribution in [1.82, 2.24) is 4.90 Å². The van der Waals surface area contributed by atoms with Gasteiger partial charge >= 0.3 is 0 Å². The lowest BCUT2D eigenvalue weighted by atomic mass is 10.3. The van der Waals surface area contributed by atoms with Crippen LogP contribution in [-0.2, 0) is 0 Å². The second kappa shape index (κ2) is 2.17. The molecule has 0 fully saturated rings. The van der Waals surface area contributed by atoms with Crippen molar-refractivity contribution in [2.75, 3.05) is 7.05 Å². The van der Waals surface area contributed by atoms with E-state index in [9.17, 15) is 0 Å². The topological polar surface area (TPSA) is 41.6 Å². The first-order valence-electron chi connectivity index (χ1n) is 3.06. The molecule has 0 radical (unpaired) electrons. The van der Waals surface area contributed by atoms with E-state index in [1.165, 1.54) is 0 Å². The largest absolute Gasteiger partial charge is 0.383 e. The molecule has 3 nitrogen and oxygen atoms in total. The Morgan fingerprint density at radius 3 is 2.80 bits per heavy atom. The fourth-order valence-corrected chi connectivity index (χ4v) is 0.737. The lowest BCUT2D eigenvalue weighted by molar-refractivity contribution is 0.555. The molecular weight excluding hydrogens is 126 g/mol. The summed E-state index contributed by atoms with van der Waals surface area (Å²) in [5.74, 6) is 1.24. The van der Waals surface area contributed by atoms with E-state index in [1.54, 1.807) is 0 Å². The minimum Gasteiger partial charge on any atom is -0.383 e. The molecule has 0 amide bonds. The first-order valence-corrected chi connectivity index (χ1v) is 3.06. The van der Waals surface area contributed by atoms with Crippen LogP contribution in [0, 0.1) is 0 Å². The SMILES string of the molecule is C=C1N=C(N)C(C)=CN1C. The van der Waals surface area contributed by atoms with E-state index >= 15 is 0 Å². The molecule has 0 saturated carbocycles. The van der Waals surface area contributed by atoms with Crippen LogP contribution in [0.15, 0.2) is 29.2 Å². The Labute approximate surface area is 60.5 Å². The van der Waals surface area contributed by atoms with E-state index in [4.69, 9.17) is 5.73 Å². The Kier molecular flexibility index (Phi) is 1.49. The summed E-state index contributed by atoms with van der Waals surface area (Å²) in [5.41, 5.74) is 6.51. The van der Waals surface area contributed by atoms with Gasteiger partial charge in [0, 0.05) is 18.8 Å². The van der Waals surface area contributed by atoms with Gasteiger partial charge in [0.1, 0.15) is 11.7 Å². The first-order chi connectivity index (χ1) is 4.61. The normalized spacial score (nSPS) is 18.6. The summed E-state index contributed by atoms with van der Waals surface area (Å²) in [6, 6.07) is 0. The van der Waals surface area contributed by atoms with Gasteiger partial charge in [0.2, 0.25) is 0 Å². The highest BCUT2D eigenvalue weighted by Crippen LogP contribution is 2.10. The Morgan fingerprint density at radius 1 is 1.70 bits per heavy atom. The molecule has 0 bridgehead atoms. The Bertz CT molecular complexity index is 225. The van der Waals surface area contributed by atoms with Crippen molar-refractivity contribution in [2.24, 2.45) is 10.7 Å². The molecule has 3 heteroatoms. The van der Waals surface area contributed by atoms with Crippen molar-refractivity contribution >= 4 is 5.84 Å². The quantitative estimate of drug-likeness (QED) is 0.533. The average molecular weight is 137 g/mol. The maximum absolute atomic E-state index is 5.53. The third kappa shape index (κ3) is 1.03. The third-order valence-electron chi connectivity index (χ3n) is 1.45. The molecule has 10 heavy (non-hydrogen) atoms.